The molecule has 8 heteroatoms. The number of benzene rings is 1. The number of aliphatic hydroxyl groups is 1. The molecule has 1 aromatic rings. The molecule has 1 N–H and O–H groups in total. The van der Waals surface area contributed by atoms with Gasteiger partial charge in [-0.2, -0.15) is 0 Å². The number of aliphatic hydroxyl groups excluding tert-OH is 1. The molecule has 1 spiro atoms. The second-order valence-electron chi connectivity index (χ2n) is 10.4. The van der Waals surface area contributed by atoms with E-state index in [9.17, 15) is 19.5 Å². The summed E-state index contributed by atoms with van der Waals surface area (Å²) >= 11 is 1.59. The van der Waals surface area contributed by atoms with Gasteiger partial charge in [0.25, 0.3) is 0 Å². The Morgan fingerprint density at radius 1 is 1.03 bits per heavy atom. The maximum Gasteiger partial charge on any atom is 0.311 e. The van der Waals surface area contributed by atoms with Crippen molar-refractivity contribution < 1.29 is 24.2 Å². The van der Waals surface area contributed by atoms with Crippen LogP contribution in [0.5, 0.6) is 0 Å². The van der Waals surface area contributed by atoms with Gasteiger partial charge in [-0.1, -0.05) is 54.6 Å². The fourth-order valence-electron chi connectivity index (χ4n) is 6.22. The standard InChI is InChI=1S/C29H36N2O5S/c32-18-9-4-8-17-31-25-27(34)30(20-21-12-5-3-6-13-21)16-11-15-29(25)24(26(31)33)23-22(37-29)14-7-1-2-10-19-36-28(23)35/h3,5-7,11-15,22-25,32H,1-2,4,8-10,16-20H2/b14-7-/t22-,23+,24+,25?,29+/m1/s1. The Labute approximate surface area is 222 Å². The van der Waals surface area contributed by atoms with Crippen LogP contribution >= 0.6 is 11.8 Å². The monoisotopic (exact) mass is 524 g/mol. The Morgan fingerprint density at radius 3 is 2.68 bits per heavy atom. The summed E-state index contributed by atoms with van der Waals surface area (Å²) in [7, 11) is 0. The number of allylic oxidation sites excluding steroid dienone is 1. The summed E-state index contributed by atoms with van der Waals surface area (Å²) in [6.07, 6.45) is 13.0. The lowest BCUT2D eigenvalue weighted by atomic mass is 9.78. The van der Waals surface area contributed by atoms with Gasteiger partial charge in [-0.15, -0.1) is 11.8 Å². The van der Waals surface area contributed by atoms with Crippen molar-refractivity contribution in [2.45, 2.75) is 61.1 Å². The van der Waals surface area contributed by atoms with Gasteiger partial charge >= 0.3 is 5.97 Å². The van der Waals surface area contributed by atoms with Crippen LogP contribution in [0.2, 0.25) is 0 Å². The SMILES string of the molecule is O=C1OCCCC/C=C\[C@H]2S[C@]34C=CCN(Cc5ccccc5)C(=O)C3N(CCCCCO)C(=O)[C@@H]4[C@@H]12. The molecule has 4 aliphatic heterocycles. The second-order valence-corrected chi connectivity index (χ2v) is 11.8. The Bertz CT molecular complexity index is 1060. The quantitative estimate of drug-likeness (QED) is 0.335. The third-order valence-electron chi connectivity index (χ3n) is 7.96. The zero-order chi connectivity index (χ0) is 25.8. The third-order valence-corrected chi connectivity index (χ3v) is 9.70. The smallest absolute Gasteiger partial charge is 0.311 e. The summed E-state index contributed by atoms with van der Waals surface area (Å²) in [6.45, 7) is 1.83. The first-order chi connectivity index (χ1) is 18.1. The zero-order valence-corrected chi connectivity index (χ0v) is 22.0. The molecule has 4 heterocycles. The van der Waals surface area contributed by atoms with Crippen LogP contribution in [0.1, 0.15) is 44.1 Å². The molecule has 7 nitrogen and oxygen atoms in total. The van der Waals surface area contributed by atoms with Crippen molar-refractivity contribution in [3.8, 4) is 0 Å². The second kappa shape index (κ2) is 11.4. The minimum Gasteiger partial charge on any atom is -0.465 e. The molecule has 1 unspecified atom stereocenters. The van der Waals surface area contributed by atoms with E-state index in [0.29, 0.717) is 39.1 Å². The summed E-state index contributed by atoms with van der Waals surface area (Å²) in [6, 6.07) is 9.21. The molecule has 198 valence electrons. The molecule has 0 aliphatic carbocycles. The van der Waals surface area contributed by atoms with Crippen LogP contribution in [0.25, 0.3) is 0 Å². The number of rotatable bonds is 7. The summed E-state index contributed by atoms with van der Waals surface area (Å²) in [5.41, 5.74) is 1.04. The lowest BCUT2D eigenvalue weighted by Gasteiger charge is -2.35. The van der Waals surface area contributed by atoms with Crippen molar-refractivity contribution in [1.82, 2.24) is 9.80 Å². The number of cyclic esters (lactones) is 1. The van der Waals surface area contributed by atoms with Gasteiger partial charge in [-0.25, -0.2) is 0 Å². The normalized spacial score (nSPS) is 32.4. The molecule has 1 aromatic carbocycles. The van der Waals surface area contributed by atoms with Gasteiger partial charge in [0, 0.05) is 31.5 Å². The van der Waals surface area contributed by atoms with Gasteiger partial charge in [0.05, 0.1) is 23.2 Å². The number of hydrogen-bond acceptors (Lipinski definition) is 6. The van der Waals surface area contributed by atoms with E-state index in [1.165, 1.54) is 0 Å². The Hall–Kier alpha value is -2.58. The lowest BCUT2D eigenvalue weighted by molar-refractivity contribution is -0.153. The predicted molar refractivity (Wildman–Crippen MR) is 142 cm³/mol. The van der Waals surface area contributed by atoms with Gasteiger partial charge in [0.2, 0.25) is 11.8 Å². The molecular formula is C29H36N2O5S. The maximum absolute atomic E-state index is 14.3. The number of unbranched alkanes of at least 4 members (excludes halogenated alkanes) is 2. The number of thioether (sulfide) groups is 1. The predicted octanol–water partition coefficient (Wildman–Crippen LogP) is 3.33. The van der Waals surface area contributed by atoms with Crippen LogP contribution in [0.15, 0.2) is 54.6 Å². The molecular weight excluding hydrogens is 488 g/mol. The summed E-state index contributed by atoms with van der Waals surface area (Å²) < 4.78 is 4.85. The highest BCUT2D eigenvalue weighted by Crippen LogP contribution is 2.60. The van der Waals surface area contributed by atoms with Crippen molar-refractivity contribution in [3.05, 3.63) is 60.2 Å². The topological polar surface area (TPSA) is 87.2 Å². The number of ether oxygens (including phenoxy) is 1. The average molecular weight is 525 g/mol. The Balaban J connectivity index is 1.52. The number of likely N-dealkylation sites (tertiary alicyclic amines) is 1. The van der Waals surface area contributed by atoms with Gasteiger partial charge in [0.1, 0.15) is 6.04 Å². The highest BCUT2D eigenvalue weighted by molar-refractivity contribution is 8.02. The van der Waals surface area contributed by atoms with Gasteiger partial charge in [-0.3, -0.25) is 14.4 Å². The van der Waals surface area contributed by atoms with E-state index in [2.05, 4.69) is 18.2 Å². The number of fused-ring (bicyclic) bond motifs is 2. The van der Waals surface area contributed by atoms with E-state index in [0.717, 1.165) is 31.2 Å². The zero-order valence-electron chi connectivity index (χ0n) is 21.2. The minimum absolute atomic E-state index is 0.0691. The first kappa shape index (κ1) is 26.0. The lowest BCUT2D eigenvalue weighted by Crippen LogP contribution is -2.53. The number of carbonyl (C=O) groups excluding carboxylic acids is 3. The number of nitrogens with zero attached hydrogens (tertiary/aromatic N) is 2. The summed E-state index contributed by atoms with van der Waals surface area (Å²) in [4.78, 5) is 45.3. The van der Waals surface area contributed by atoms with E-state index in [-0.39, 0.29) is 29.6 Å². The van der Waals surface area contributed by atoms with Crippen LogP contribution < -0.4 is 0 Å². The minimum atomic E-state index is -0.816. The van der Waals surface area contributed by atoms with Crippen LogP contribution in [-0.2, 0) is 25.7 Å². The number of esters is 1. The molecule has 2 saturated heterocycles. The van der Waals surface area contributed by atoms with Crippen LogP contribution in [0, 0.1) is 11.8 Å². The van der Waals surface area contributed by atoms with Gasteiger partial charge in [0.15, 0.2) is 0 Å². The third kappa shape index (κ3) is 4.98. The highest BCUT2D eigenvalue weighted by atomic mass is 32.2. The molecule has 5 rings (SSSR count). The molecule has 2 fully saturated rings. The van der Waals surface area contributed by atoms with Gasteiger partial charge < -0.3 is 19.6 Å². The van der Waals surface area contributed by atoms with E-state index in [4.69, 9.17) is 4.74 Å². The summed E-state index contributed by atoms with van der Waals surface area (Å²) in [5.74, 6) is -1.78. The van der Waals surface area contributed by atoms with E-state index in [1.54, 1.807) is 16.7 Å². The van der Waals surface area contributed by atoms with Crippen molar-refractivity contribution in [1.29, 1.82) is 0 Å². The van der Waals surface area contributed by atoms with E-state index < -0.39 is 22.6 Å². The molecule has 4 aliphatic rings. The number of hydrogen-bond donors (Lipinski definition) is 1. The number of amides is 2. The van der Waals surface area contributed by atoms with Crippen molar-refractivity contribution >= 4 is 29.5 Å². The fraction of sp³-hybridized carbons (Fsp3) is 0.552. The first-order valence-electron chi connectivity index (χ1n) is 13.5. The van der Waals surface area contributed by atoms with E-state index in [1.807, 2.05) is 41.3 Å². The maximum atomic E-state index is 14.3. The van der Waals surface area contributed by atoms with Gasteiger partial charge in [-0.05, 0) is 44.1 Å². The molecule has 0 aromatic heterocycles. The summed E-state index contributed by atoms with van der Waals surface area (Å²) in [5, 5.41) is 9.01. The van der Waals surface area contributed by atoms with Crippen molar-refractivity contribution in [2.24, 2.45) is 11.8 Å². The molecule has 5 atom stereocenters. The number of carbonyl (C=O) groups is 3. The average Bonchev–Trinajstić information content (AvgIpc) is 3.29. The van der Waals surface area contributed by atoms with Crippen molar-refractivity contribution in [3.63, 3.8) is 0 Å². The van der Waals surface area contributed by atoms with Crippen LogP contribution in [0.4, 0.5) is 0 Å². The molecule has 37 heavy (non-hydrogen) atoms. The Morgan fingerprint density at radius 2 is 1.86 bits per heavy atom. The largest absolute Gasteiger partial charge is 0.465 e. The Kier molecular flexibility index (Phi) is 8.05. The fourth-order valence-corrected chi connectivity index (χ4v) is 8.22. The molecule has 0 saturated carbocycles. The van der Waals surface area contributed by atoms with Crippen LogP contribution in [-0.4, -0.2) is 75.0 Å². The van der Waals surface area contributed by atoms with Crippen LogP contribution in [0.3, 0.4) is 0 Å². The molecule has 0 radical (unpaired) electrons. The molecule has 2 amide bonds. The molecule has 0 bridgehead atoms. The first-order valence-corrected chi connectivity index (χ1v) is 14.4. The highest BCUT2D eigenvalue weighted by Gasteiger charge is 2.70. The van der Waals surface area contributed by atoms with Crippen molar-refractivity contribution in [2.75, 3.05) is 26.3 Å². The van der Waals surface area contributed by atoms with E-state index >= 15 is 0 Å².